The van der Waals surface area contributed by atoms with Gasteiger partial charge in [0.1, 0.15) is 18.2 Å². The highest BCUT2D eigenvalue weighted by atomic mass is 19.4. The third-order valence-electron chi connectivity index (χ3n) is 6.01. The molecule has 202 valence electrons. The summed E-state index contributed by atoms with van der Waals surface area (Å²) < 4.78 is 87.8. The molecule has 0 saturated heterocycles. The number of nitrogens with two attached hydrogens (primary N) is 1. The number of benzene rings is 2. The van der Waals surface area contributed by atoms with Crippen molar-refractivity contribution < 1.29 is 40.7 Å². The standard InChI is InChI=1S/C25H22F6N4O3/c26-17-11-19(28)18(27)9-15(17)8-16(32)10-21(36)34-6-7-35-20(12-34)33-23(25(29,30)31)22(35)24(37)38-13-14-4-2-1-3-5-14/h1-5,9,11,16H,6-8,10,12-13,32H2/t16-/m0/s1. The van der Waals surface area contributed by atoms with Crippen LogP contribution in [0.2, 0.25) is 0 Å². The molecule has 0 fully saturated rings. The minimum atomic E-state index is -4.95. The number of amides is 1. The average Bonchev–Trinajstić information content (AvgIpc) is 3.26. The molecular weight excluding hydrogens is 518 g/mol. The predicted octanol–water partition coefficient (Wildman–Crippen LogP) is 3.98. The number of fused-ring (bicyclic) bond motifs is 1. The number of alkyl halides is 3. The number of carbonyl (C=O) groups is 2. The summed E-state index contributed by atoms with van der Waals surface area (Å²) in [6.45, 7) is -0.781. The Morgan fingerprint density at radius 1 is 1.03 bits per heavy atom. The summed E-state index contributed by atoms with van der Waals surface area (Å²) in [5.74, 6) is -5.56. The topological polar surface area (TPSA) is 90.5 Å². The molecule has 2 N–H and O–H groups in total. The van der Waals surface area contributed by atoms with Gasteiger partial charge in [-0.05, 0) is 23.6 Å². The van der Waals surface area contributed by atoms with Crippen molar-refractivity contribution in [3.05, 3.63) is 88.3 Å². The van der Waals surface area contributed by atoms with Crippen LogP contribution in [0.15, 0.2) is 42.5 Å². The number of hydrogen-bond acceptors (Lipinski definition) is 5. The van der Waals surface area contributed by atoms with Crippen LogP contribution in [0.5, 0.6) is 0 Å². The maximum Gasteiger partial charge on any atom is 0.435 e. The van der Waals surface area contributed by atoms with E-state index in [4.69, 9.17) is 10.5 Å². The Hall–Kier alpha value is -3.87. The first kappa shape index (κ1) is 27.2. The Bertz CT molecular complexity index is 1340. The van der Waals surface area contributed by atoms with E-state index in [1.54, 1.807) is 30.3 Å². The minimum absolute atomic E-state index is 0.0509. The highest BCUT2D eigenvalue weighted by Crippen LogP contribution is 2.34. The number of aromatic nitrogens is 2. The molecule has 1 aliphatic rings. The molecule has 0 saturated carbocycles. The number of halogens is 6. The molecule has 1 amide bonds. The molecule has 38 heavy (non-hydrogen) atoms. The van der Waals surface area contributed by atoms with Crippen LogP contribution in [-0.2, 0) is 41.8 Å². The van der Waals surface area contributed by atoms with Gasteiger partial charge in [-0.1, -0.05) is 30.3 Å². The summed E-state index contributed by atoms with van der Waals surface area (Å²) in [6, 6.07) is 8.49. The van der Waals surface area contributed by atoms with Gasteiger partial charge in [0.2, 0.25) is 5.91 Å². The first-order chi connectivity index (χ1) is 17.9. The van der Waals surface area contributed by atoms with Gasteiger partial charge in [-0.2, -0.15) is 13.2 Å². The maximum atomic E-state index is 13.9. The van der Waals surface area contributed by atoms with E-state index >= 15 is 0 Å². The van der Waals surface area contributed by atoms with E-state index in [1.165, 1.54) is 4.90 Å². The highest BCUT2D eigenvalue weighted by molar-refractivity contribution is 5.89. The summed E-state index contributed by atoms with van der Waals surface area (Å²) in [7, 11) is 0. The predicted molar refractivity (Wildman–Crippen MR) is 121 cm³/mol. The van der Waals surface area contributed by atoms with Crippen LogP contribution in [0.3, 0.4) is 0 Å². The normalized spacial score (nSPS) is 14.2. The Balaban J connectivity index is 1.46. The number of rotatable bonds is 7. The lowest BCUT2D eigenvalue weighted by Crippen LogP contribution is -2.42. The maximum absolute atomic E-state index is 13.9. The largest absolute Gasteiger partial charge is 0.456 e. The molecule has 3 aromatic rings. The number of hydrogen-bond donors (Lipinski definition) is 1. The van der Waals surface area contributed by atoms with Crippen LogP contribution in [0.4, 0.5) is 26.3 Å². The van der Waals surface area contributed by atoms with Crippen molar-refractivity contribution in [2.75, 3.05) is 6.54 Å². The molecule has 13 heteroatoms. The van der Waals surface area contributed by atoms with E-state index in [0.29, 0.717) is 17.7 Å². The summed E-state index contributed by atoms with van der Waals surface area (Å²) in [5.41, 5.74) is 4.12. The molecule has 0 unspecified atom stereocenters. The smallest absolute Gasteiger partial charge is 0.435 e. The monoisotopic (exact) mass is 540 g/mol. The van der Waals surface area contributed by atoms with Gasteiger partial charge in [-0.3, -0.25) is 4.79 Å². The summed E-state index contributed by atoms with van der Waals surface area (Å²) in [6.07, 6.45) is -5.55. The van der Waals surface area contributed by atoms with Crippen LogP contribution in [-0.4, -0.2) is 38.9 Å². The molecule has 2 aromatic carbocycles. The third kappa shape index (κ3) is 5.98. The number of esters is 1. The molecule has 1 atom stereocenters. The highest BCUT2D eigenvalue weighted by Gasteiger charge is 2.43. The SMILES string of the molecule is N[C@H](CC(=O)N1CCn2c(nc(C(F)(F)F)c2C(=O)OCc2ccccc2)C1)Cc1cc(F)c(F)cc1F. The van der Waals surface area contributed by atoms with Crippen molar-refractivity contribution in [3.63, 3.8) is 0 Å². The van der Waals surface area contributed by atoms with Crippen LogP contribution in [0.1, 0.15) is 39.6 Å². The fourth-order valence-electron chi connectivity index (χ4n) is 4.17. The Labute approximate surface area is 212 Å². The van der Waals surface area contributed by atoms with Crippen LogP contribution >= 0.6 is 0 Å². The van der Waals surface area contributed by atoms with Gasteiger partial charge in [-0.25, -0.2) is 22.9 Å². The van der Waals surface area contributed by atoms with Gasteiger partial charge in [0, 0.05) is 31.6 Å². The Morgan fingerprint density at radius 2 is 1.71 bits per heavy atom. The molecule has 1 aromatic heterocycles. The molecule has 0 spiro atoms. The lowest BCUT2D eigenvalue weighted by atomic mass is 10.0. The zero-order chi connectivity index (χ0) is 27.6. The molecule has 4 rings (SSSR count). The minimum Gasteiger partial charge on any atom is -0.456 e. The molecular formula is C25H22F6N4O3. The van der Waals surface area contributed by atoms with Crippen LogP contribution in [0, 0.1) is 17.5 Å². The van der Waals surface area contributed by atoms with Gasteiger partial charge >= 0.3 is 12.1 Å². The van der Waals surface area contributed by atoms with E-state index < -0.39 is 52.9 Å². The van der Waals surface area contributed by atoms with E-state index in [9.17, 15) is 35.9 Å². The first-order valence-electron chi connectivity index (χ1n) is 11.5. The van der Waals surface area contributed by atoms with Crippen molar-refractivity contribution >= 4 is 11.9 Å². The van der Waals surface area contributed by atoms with E-state index in [0.717, 1.165) is 4.57 Å². The lowest BCUT2D eigenvalue weighted by Gasteiger charge is -2.29. The van der Waals surface area contributed by atoms with Crippen molar-refractivity contribution in [2.45, 2.75) is 44.8 Å². The van der Waals surface area contributed by atoms with Crippen LogP contribution < -0.4 is 5.73 Å². The second-order valence-corrected chi connectivity index (χ2v) is 8.78. The van der Waals surface area contributed by atoms with Gasteiger partial charge in [0.25, 0.3) is 0 Å². The zero-order valence-electron chi connectivity index (χ0n) is 19.8. The second kappa shape index (κ2) is 10.9. The Kier molecular flexibility index (Phi) is 7.76. The molecule has 0 aliphatic carbocycles. The van der Waals surface area contributed by atoms with Crippen LogP contribution in [0.25, 0.3) is 0 Å². The molecule has 0 radical (unpaired) electrons. The number of imidazole rings is 1. The van der Waals surface area contributed by atoms with Crippen molar-refractivity contribution in [3.8, 4) is 0 Å². The number of nitrogens with zero attached hydrogens (tertiary/aromatic N) is 3. The van der Waals surface area contributed by atoms with E-state index in [1.807, 2.05) is 0 Å². The average molecular weight is 540 g/mol. The van der Waals surface area contributed by atoms with Crippen molar-refractivity contribution in [2.24, 2.45) is 5.73 Å². The molecule has 1 aliphatic heterocycles. The molecule has 2 heterocycles. The van der Waals surface area contributed by atoms with E-state index in [-0.39, 0.29) is 50.5 Å². The molecule has 7 nitrogen and oxygen atoms in total. The van der Waals surface area contributed by atoms with Gasteiger partial charge in [0.15, 0.2) is 23.0 Å². The lowest BCUT2D eigenvalue weighted by molar-refractivity contribution is -0.141. The summed E-state index contributed by atoms with van der Waals surface area (Å²) in [5, 5.41) is 0. The summed E-state index contributed by atoms with van der Waals surface area (Å²) >= 11 is 0. The second-order valence-electron chi connectivity index (χ2n) is 8.78. The number of ether oxygens (including phenoxy) is 1. The first-order valence-corrected chi connectivity index (χ1v) is 11.5. The fraction of sp³-hybridized carbons (Fsp3) is 0.320. The third-order valence-corrected chi connectivity index (χ3v) is 6.01. The van der Waals surface area contributed by atoms with Gasteiger partial charge < -0.3 is 19.9 Å². The van der Waals surface area contributed by atoms with Gasteiger partial charge in [-0.15, -0.1) is 0 Å². The Morgan fingerprint density at radius 3 is 2.39 bits per heavy atom. The summed E-state index contributed by atoms with van der Waals surface area (Å²) in [4.78, 5) is 30.2. The molecule has 0 bridgehead atoms. The van der Waals surface area contributed by atoms with Crippen molar-refractivity contribution in [1.29, 1.82) is 0 Å². The fourth-order valence-corrected chi connectivity index (χ4v) is 4.17. The van der Waals surface area contributed by atoms with Crippen molar-refractivity contribution in [1.82, 2.24) is 14.5 Å². The van der Waals surface area contributed by atoms with E-state index in [2.05, 4.69) is 4.98 Å². The zero-order valence-corrected chi connectivity index (χ0v) is 19.8. The quantitative estimate of drug-likeness (QED) is 0.278. The number of carbonyl (C=O) groups excluding carboxylic acids is 2. The van der Waals surface area contributed by atoms with Gasteiger partial charge in [0.05, 0.1) is 6.54 Å².